The van der Waals surface area contributed by atoms with Crippen molar-refractivity contribution in [3.8, 4) is 5.75 Å². The van der Waals surface area contributed by atoms with Crippen molar-refractivity contribution in [1.82, 2.24) is 0 Å². The Bertz CT molecular complexity index is 812. The number of hydrogen-bond donors (Lipinski definition) is 0. The number of ether oxygens (including phenoxy) is 3. The Balaban J connectivity index is 1.63. The van der Waals surface area contributed by atoms with Gasteiger partial charge >= 0.3 is 11.9 Å². The van der Waals surface area contributed by atoms with E-state index in [4.69, 9.17) is 14.2 Å². The maximum Gasteiger partial charge on any atom is 0.343 e. The smallest absolute Gasteiger partial charge is 0.343 e. The van der Waals surface area contributed by atoms with E-state index in [1.165, 1.54) is 6.07 Å². The van der Waals surface area contributed by atoms with E-state index < -0.39 is 11.9 Å². The second-order valence-electron chi connectivity index (χ2n) is 6.11. The van der Waals surface area contributed by atoms with Crippen LogP contribution >= 0.6 is 15.9 Å². The van der Waals surface area contributed by atoms with Crippen LogP contribution < -0.4 is 4.74 Å². The fraction of sp³-hybridized carbons (Fsp3) is 0.300. The zero-order chi connectivity index (χ0) is 18.5. The molecule has 5 nitrogen and oxygen atoms in total. The molecule has 0 aliphatic carbocycles. The molecule has 136 valence electrons. The molecule has 1 saturated heterocycles. The molecular weight excluding hydrogens is 400 g/mol. The van der Waals surface area contributed by atoms with Crippen molar-refractivity contribution in [1.29, 1.82) is 0 Å². The molecule has 0 spiro atoms. The average molecular weight is 419 g/mol. The molecule has 2 aromatic rings. The van der Waals surface area contributed by atoms with Crippen LogP contribution in [0.15, 0.2) is 46.9 Å². The van der Waals surface area contributed by atoms with Crippen LogP contribution in [0.3, 0.4) is 0 Å². The molecule has 3 rings (SSSR count). The summed E-state index contributed by atoms with van der Waals surface area (Å²) in [7, 11) is 0. The summed E-state index contributed by atoms with van der Waals surface area (Å²) in [6.07, 6.45) is 1.86. The molecule has 1 aliphatic heterocycles. The van der Waals surface area contributed by atoms with E-state index >= 15 is 0 Å². The minimum atomic E-state index is -0.490. The van der Waals surface area contributed by atoms with Crippen LogP contribution in [0.5, 0.6) is 5.75 Å². The Labute approximate surface area is 160 Å². The molecular formula is C20H19BrO5. The summed E-state index contributed by atoms with van der Waals surface area (Å²) in [5, 5.41) is 0. The molecule has 2 aromatic carbocycles. The van der Waals surface area contributed by atoms with Crippen LogP contribution in [0.4, 0.5) is 0 Å². The number of carbonyl (C=O) groups excluding carboxylic acids is 2. The molecule has 1 heterocycles. The molecule has 1 unspecified atom stereocenters. The van der Waals surface area contributed by atoms with Gasteiger partial charge < -0.3 is 14.2 Å². The normalized spacial score (nSPS) is 16.3. The summed E-state index contributed by atoms with van der Waals surface area (Å²) >= 11 is 3.40. The number of esters is 2. The second kappa shape index (κ2) is 8.47. The van der Waals surface area contributed by atoms with E-state index in [2.05, 4.69) is 15.9 Å². The van der Waals surface area contributed by atoms with Crippen LogP contribution in [0.1, 0.15) is 39.1 Å². The zero-order valence-corrected chi connectivity index (χ0v) is 16.0. The molecule has 0 N–H and O–H groups in total. The molecule has 0 bridgehead atoms. The lowest BCUT2D eigenvalue weighted by Crippen LogP contribution is -2.18. The van der Waals surface area contributed by atoms with Gasteiger partial charge in [0.2, 0.25) is 0 Å². The van der Waals surface area contributed by atoms with Crippen LogP contribution in [-0.4, -0.2) is 31.3 Å². The highest BCUT2D eigenvalue weighted by Gasteiger charge is 2.18. The number of hydrogen-bond acceptors (Lipinski definition) is 5. The van der Waals surface area contributed by atoms with Gasteiger partial charge in [-0.25, -0.2) is 9.59 Å². The van der Waals surface area contributed by atoms with Crippen LogP contribution in [-0.2, 0) is 9.47 Å². The Morgan fingerprint density at radius 1 is 1.15 bits per heavy atom. The SMILES string of the molecule is Cc1ccc(C(=O)Oc2cccc(C(=O)OCC3CCCO3)c2)cc1Br. The van der Waals surface area contributed by atoms with Crippen LogP contribution in [0, 0.1) is 6.92 Å². The third-order valence-electron chi connectivity index (χ3n) is 4.11. The topological polar surface area (TPSA) is 61.8 Å². The van der Waals surface area contributed by atoms with Gasteiger partial charge in [-0.3, -0.25) is 0 Å². The number of aryl methyl sites for hydroxylation is 1. The summed E-state index contributed by atoms with van der Waals surface area (Å²) < 4.78 is 16.9. The van der Waals surface area contributed by atoms with E-state index in [0.29, 0.717) is 23.5 Å². The molecule has 0 radical (unpaired) electrons. The number of halogens is 1. The van der Waals surface area contributed by atoms with Gasteiger partial charge in [-0.2, -0.15) is 0 Å². The van der Waals surface area contributed by atoms with Crippen molar-refractivity contribution < 1.29 is 23.8 Å². The van der Waals surface area contributed by atoms with Gasteiger partial charge in [0.15, 0.2) is 0 Å². The molecule has 0 amide bonds. The Morgan fingerprint density at radius 2 is 1.96 bits per heavy atom. The fourth-order valence-corrected chi connectivity index (χ4v) is 2.98. The van der Waals surface area contributed by atoms with E-state index in [9.17, 15) is 9.59 Å². The zero-order valence-electron chi connectivity index (χ0n) is 14.4. The Hall–Kier alpha value is -2.18. The summed E-state index contributed by atoms with van der Waals surface area (Å²) in [6.45, 7) is 2.88. The second-order valence-corrected chi connectivity index (χ2v) is 6.97. The fourth-order valence-electron chi connectivity index (χ4n) is 2.60. The van der Waals surface area contributed by atoms with Gasteiger partial charge in [0.05, 0.1) is 17.2 Å². The summed E-state index contributed by atoms with van der Waals surface area (Å²) in [5.74, 6) is -0.662. The molecule has 1 atom stereocenters. The average Bonchev–Trinajstić information content (AvgIpc) is 3.15. The first kappa shape index (κ1) is 18.6. The minimum Gasteiger partial charge on any atom is -0.459 e. The molecule has 26 heavy (non-hydrogen) atoms. The van der Waals surface area contributed by atoms with Crippen molar-refractivity contribution in [2.75, 3.05) is 13.2 Å². The monoisotopic (exact) mass is 418 g/mol. The maximum atomic E-state index is 12.3. The van der Waals surface area contributed by atoms with Gasteiger partial charge in [-0.1, -0.05) is 28.1 Å². The summed E-state index contributed by atoms with van der Waals surface area (Å²) in [6, 6.07) is 11.6. The lowest BCUT2D eigenvalue weighted by atomic mass is 10.1. The third-order valence-corrected chi connectivity index (χ3v) is 4.97. The highest BCUT2D eigenvalue weighted by atomic mass is 79.9. The van der Waals surface area contributed by atoms with E-state index in [1.807, 2.05) is 13.0 Å². The quantitative estimate of drug-likeness (QED) is 0.534. The van der Waals surface area contributed by atoms with Crippen molar-refractivity contribution in [2.45, 2.75) is 25.9 Å². The highest BCUT2D eigenvalue weighted by Crippen LogP contribution is 2.20. The lowest BCUT2D eigenvalue weighted by molar-refractivity contribution is 0.0161. The number of rotatable bonds is 5. The van der Waals surface area contributed by atoms with Gasteiger partial charge in [0, 0.05) is 11.1 Å². The number of benzene rings is 2. The molecule has 6 heteroatoms. The van der Waals surface area contributed by atoms with Crippen LogP contribution in [0.2, 0.25) is 0 Å². The van der Waals surface area contributed by atoms with Crippen molar-refractivity contribution in [3.05, 3.63) is 63.6 Å². The predicted octanol–water partition coefficient (Wildman–Crippen LogP) is 4.31. The van der Waals surface area contributed by atoms with Gasteiger partial charge in [-0.05, 0) is 55.7 Å². The van der Waals surface area contributed by atoms with Crippen LogP contribution in [0.25, 0.3) is 0 Å². The van der Waals surface area contributed by atoms with Gasteiger partial charge in [-0.15, -0.1) is 0 Å². The lowest BCUT2D eigenvalue weighted by Gasteiger charge is -2.11. The van der Waals surface area contributed by atoms with E-state index in [-0.39, 0.29) is 12.7 Å². The van der Waals surface area contributed by atoms with Crippen molar-refractivity contribution in [3.63, 3.8) is 0 Å². The van der Waals surface area contributed by atoms with E-state index in [1.54, 1.807) is 30.3 Å². The minimum absolute atomic E-state index is 0.0278. The molecule has 0 aromatic heterocycles. The highest BCUT2D eigenvalue weighted by molar-refractivity contribution is 9.10. The summed E-state index contributed by atoms with van der Waals surface area (Å²) in [5.41, 5.74) is 1.78. The standard InChI is InChI=1S/C20H19BrO5/c1-13-7-8-15(11-18(13)21)20(23)26-16-5-2-4-14(10-16)19(22)25-12-17-6-3-9-24-17/h2,4-5,7-8,10-11,17H,3,6,9,12H2,1H3. The Kier molecular flexibility index (Phi) is 6.06. The predicted molar refractivity (Wildman–Crippen MR) is 99.5 cm³/mol. The first-order valence-electron chi connectivity index (χ1n) is 8.40. The molecule has 1 aliphatic rings. The molecule has 0 saturated carbocycles. The largest absolute Gasteiger partial charge is 0.459 e. The van der Waals surface area contributed by atoms with Crippen molar-refractivity contribution in [2.24, 2.45) is 0 Å². The first-order valence-corrected chi connectivity index (χ1v) is 9.19. The maximum absolute atomic E-state index is 12.3. The number of carbonyl (C=O) groups is 2. The Morgan fingerprint density at radius 3 is 2.69 bits per heavy atom. The third kappa shape index (κ3) is 4.71. The van der Waals surface area contributed by atoms with E-state index in [0.717, 1.165) is 22.9 Å². The van der Waals surface area contributed by atoms with Gasteiger partial charge in [0.1, 0.15) is 12.4 Å². The van der Waals surface area contributed by atoms with Gasteiger partial charge in [0.25, 0.3) is 0 Å². The first-order chi connectivity index (χ1) is 12.5. The molecule has 1 fully saturated rings. The summed E-state index contributed by atoms with van der Waals surface area (Å²) in [4.78, 5) is 24.4. The van der Waals surface area contributed by atoms with Crippen molar-refractivity contribution >= 4 is 27.9 Å².